The van der Waals surface area contributed by atoms with Gasteiger partial charge in [-0.1, -0.05) is 60.7 Å². The van der Waals surface area contributed by atoms with E-state index in [1.165, 1.54) is 30.3 Å². The third-order valence-electron chi connectivity index (χ3n) is 5.68. The van der Waals surface area contributed by atoms with Crippen LogP contribution in [0.5, 0.6) is 0 Å². The summed E-state index contributed by atoms with van der Waals surface area (Å²) in [5.74, 6) is -1.79. The second kappa shape index (κ2) is 12.1. The number of hydrogen-bond acceptors (Lipinski definition) is 5. The van der Waals surface area contributed by atoms with Crippen LogP contribution in [0.4, 0.5) is 15.8 Å². The van der Waals surface area contributed by atoms with E-state index in [1.807, 2.05) is 6.07 Å². The summed E-state index contributed by atoms with van der Waals surface area (Å²) in [5.41, 5.74) is 4.29. The largest absolute Gasteiger partial charge is 0.322 e. The molecular weight excluding hydrogens is 519 g/mol. The van der Waals surface area contributed by atoms with Gasteiger partial charge in [0.25, 0.3) is 21.8 Å². The van der Waals surface area contributed by atoms with Gasteiger partial charge in [-0.2, -0.15) is 5.10 Å². The SMILES string of the molecule is C/C(=N/NC(=O)CN(c1ccccc1F)S(=O)(=O)c1ccccc1)c1ccc(NC(=O)c2ccccc2)cc1. The fourth-order valence-electron chi connectivity index (χ4n) is 3.64. The second-order valence-electron chi connectivity index (χ2n) is 8.41. The molecule has 0 aliphatic rings. The summed E-state index contributed by atoms with van der Waals surface area (Å²) in [4.78, 5) is 25.0. The molecule has 0 aliphatic heterocycles. The Hall–Kier alpha value is -4.83. The molecule has 2 amide bonds. The number of hydrogen-bond donors (Lipinski definition) is 2. The predicted molar refractivity (Wildman–Crippen MR) is 149 cm³/mol. The number of carbonyl (C=O) groups is 2. The maximum atomic E-state index is 14.6. The molecule has 8 nitrogen and oxygen atoms in total. The van der Waals surface area contributed by atoms with Crippen LogP contribution in [-0.2, 0) is 14.8 Å². The number of nitrogens with zero attached hydrogens (tertiary/aromatic N) is 2. The number of amides is 2. The molecule has 0 radical (unpaired) electrons. The Morgan fingerprint density at radius 2 is 1.38 bits per heavy atom. The summed E-state index contributed by atoms with van der Waals surface area (Å²) in [5, 5.41) is 6.87. The lowest BCUT2D eigenvalue weighted by molar-refractivity contribution is -0.119. The lowest BCUT2D eigenvalue weighted by atomic mass is 10.1. The van der Waals surface area contributed by atoms with Crippen LogP contribution in [0.2, 0.25) is 0 Å². The van der Waals surface area contributed by atoms with E-state index in [0.29, 0.717) is 26.8 Å². The van der Waals surface area contributed by atoms with Crippen molar-refractivity contribution in [3.8, 4) is 0 Å². The van der Waals surface area contributed by atoms with E-state index >= 15 is 0 Å². The fourth-order valence-corrected chi connectivity index (χ4v) is 5.09. The molecule has 4 rings (SSSR count). The molecule has 0 atom stereocenters. The van der Waals surface area contributed by atoms with Crippen LogP contribution in [0.1, 0.15) is 22.8 Å². The van der Waals surface area contributed by atoms with Gasteiger partial charge in [0.2, 0.25) is 0 Å². The van der Waals surface area contributed by atoms with Crippen molar-refractivity contribution in [2.24, 2.45) is 5.10 Å². The number of carbonyl (C=O) groups excluding carboxylic acids is 2. The number of hydrazone groups is 1. The summed E-state index contributed by atoms with van der Waals surface area (Å²) in [6, 6.07) is 28.4. The van der Waals surface area contributed by atoms with Crippen LogP contribution in [0.3, 0.4) is 0 Å². The van der Waals surface area contributed by atoms with Crippen LogP contribution in [-0.4, -0.2) is 32.5 Å². The first-order valence-corrected chi connectivity index (χ1v) is 13.3. The molecule has 4 aromatic rings. The zero-order valence-electron chi connectivity index (χ0n) is 20.9. The highest BCUT2D eigenvalue weighted by molar-refractivity contribution is 7.92. The summed E-state index contributed by atoms with van der Waals surface area (Å²) in [7, 11) is -4.25. The molecule has 0 bridgehead atoms. The van der Waals surface area contributed by atoms with Gasteiger partial charge in [-0.3, -0.25) is 13.9 Å². The van der Waals surface area contributed by atoms with Crippen molar-refractivity contribution >= 4 is 38.9 Å². The first kappa shape index (κ1) is 27.2. The Morgan fingerprint density at radius 1 is 0.795 bits per heavy atom. The van der Waals surface area contributed by atoms with Gasteiger partial charge in [0, 0.05) is 11.3 Å². The molecule has 0 unspecified atom stereocenters. The van der Waals surface area contributed by atoms with Crippen LogP contribution in [0, 0.1) is 5.82 Å². The number of para-hydroxylation sites is 1. The van der Waals surface area contributed by atoms with Crippen LogP contribution >= 0.6 is 0 Å². The monoisotopic (exact) mass is 544 g/mol. The van der Waals surface area contributed by atoms with Crippen molar-refractivity contribution in [2.75, 3.05) is 16.2 Å². The van der Waals surface area contributed by atoms with Gasteiger partial charge < -0.3 is 5.32 Å². The van der Waals surface area contributed by atoms with Gasteiger partial charge in [-0.15, -0.1) is 0 Å². The third kappa shape index (κ3) is 6.74. The average Bonchev–Trinajstić information content (AvgIpc) is 2.96. The van der Waals surface area contributed by atoms with Gasteiger partial charge in [0.1, 0.15) is 12.4 Å². The van der Waals surface area contributed by atoms with E-state index in [2.05, 4.69) is 15.8 Å². The third-order valence-corrected chi connectivity index (χ3v) is 7.46. The minimum absolute atomic E-state index is 0.0832. The molecule has 0 saturated heterocycles. The number of benzene rings is 4. The van der Waals surface area contributed by atoms with E-state index in [1.54, 1.807) is 73.7 Å². The standard InChI is InChI=1S/C29H25FN4O4S/c1-21(22-16-18-24(19-17-22)31-29(36)23-10-4-2-5-11-23)32-33-28(35)20-34(27-15-9-8-14-26(27)30)39(37,38)25-12-6-3-7-13-25/h2-19H,20H2,1H3,(H,31,36)(H,33,35)/b32-21-. The van der Waals surface area contributed by atoms with Crippen molar-refractivity contribution in [3.63, 3.8) is 0 Å². The molecule has 0 aliphatic carbocycles. The van der Waals surface area contributed by atoms with Gasteiger partial charge >= 0.3 is 0 Å². The van der Waals surface area contributed by atoms with E-state index in [9.17, 15) is 22.4 Å². The zero-order chi connectivity index (χ0) is 27.8. The minimum atomic E-state index is -4.25. The Kier molecular flexibility index (Phi) is 8.47. The highest BCUT2D eigenvalue weighted by Gasteiger charge is 2.29. The summed E-state index contributed by atoms with van der Waals surface area (Å²) < 4.78 is 41.9. The quantitative estimate of drug-likeness (QED) is 0.233. The van der Waals surface area contributed by atoms with Crippen molar-refractivity contribution in [2.45, 2.75) is 11.8 Å². The molecule has 2 N–H and O–H groups in total. The molecule has 0 spiro atoms. The Labute approximate surface area is 225 Å². The molecule has 0 saturated carbocycles. The molecule has 0 fully saturated rings. The van der Waals surface area contributed by atoms with E-state index in [4.69, 9.17) is 0 Å². The lowest BCUT2D eigenvalue weighted by Gasteiger charge is -2.24. The Morgan fingerprint density at radius 3 is 2.03 bits per heavy atom. The smallest absolute Gasteiger partial charge is 0.264 e. The summed E-state index contributed by atoms with van der Waals surface area (Å²) in [6.07, 6.45) is 0. The predicted octanol–water partition coefficient (Wildman–Crippen LogP) is 4.81. The van der Waals surface area contributed by atoms with Crippen molar-refractivity contribution in [3.05, 3.63) is 126 Å². The fraction of sp³-hybridized carbons (Fsp3) is 0.0690. The zero-order valence-corrected chi connectivity index (χ0v) is 21.7. The molecule has 0 aromatic heterocycles. The Bertz CT molecular complexity index is 1590. The minimum Gasteiger partial charge on any atom is -0.322 e. The van der Waals surface area contributed by atoms with Crippen LogP contribution < -0.4 is 15.0 Å². The first-order valence-electron chi connectivity index (χ1n) is 11.9. The normalized spacial score (nSPS) is 11.5. The van der Waals surface area contributed by atoms with Gasteiger partial charge in [0.05, 0.1) is 16.3 Å². The number of sulfonamides is 1. The molecular formula is C29H25FN4O4S. The summed E-state index contributed by atoms with van der Waals surface area (Å²) in [6.45, 7) is 0.965. The molecule has 39 heavy (non-hydrogen) atoms. The summed E-state index contributed by atoms with van der Waals surface area (Å²) >= 11 is 0. The first-order chi connectivity index (χ1) is 18.8. The van der Waals surface area contributed by atoms with Crippen molar-refractivity contribution in [1.29, 1.82) is 0 Å². The topological polar surface area (TPSA) is 108 Å². The van der Waals surface area contributed by atoms with Crippen LogP contribution in [0.15, 0.2) is 119 Å². The van der Waals surface area contributed by atoms with E-state index in [0.717, 1.165) is 6.07 Å². The number of anilines is 2. The van der Waals surface area contributed by atoms with Crippen molar-refractivity contribution in [1.82, 2.24) is 5.43 Å². The number of nitrogens with one attached hydrogen (secondary N) is 2. The van der Waals surface area contributed by atoms with Gasteiger partial charge in [-0.25, -0.2) is 18.2 Å². The van der Waals surface area contributed by atoms with E-state index in [-0.39, 0.29) is 16.5 Å². The highest BCUT2D eigenvalue weighted by Crippen LogP contribution is 2.26. The van der Waals surface area contributed by atoms with Crippen molar-refractivity contribution < 1.29 is 22.4 Å². The molecule has 0 heterocycles. The maximum Gasteiger partial charge on any atom is 0.264 e. The van der Waals surface area contributed by atoms with Gasteiger partial charge in [0.15, 0.2) is 0 Å². The maximum absolute atomic E-state index is 14.6. The second-order valence-corrected chi connectivity index (χ2v) is 10.3. The average molecular weight is 545 g/mol. The molecule has 198 valence electrons. The highest BCUT2D eigenvalue weighted by atomic mass is 32.2. The van der Waals surface area contributed by atoms with E-state index < -0.39 is 28.3 Å². The number of rotatable bonds is 9. The van der Waals surface area contributed by atoms with Crippen LogP contribution in [0.25, 0.3) is 0 Å². The molecule has 10 heteroatoms. The molecule has 4 aromatic carbocycles. The van der Waals surface area contributed by atoms with Gasteiger partial charge in [-0.05, 0) is 61.0 Å². The Balaban J connectivity index is 1.46. The lowest BCUT2D eigenvalue weighted by Crippen LogP contribution is -2.40. The number of halogens is 1.